The number of H-pyrrole nitrogens is 1. The number of nitrogens with zero attached hydrogens (tertiary/aromatic N) is 4. The fraction of sp³-hybridized carbons (Fsp3) is 0.238. The molecule has 6 nitrogen and oxygen atoms in total. The first-order valence-electron chi connectivity index (χ1n) is 9.21. The SMILES string of the molecule is Cc1nn(C(C)C)c2c(=O)[nH]c(Cc3ccc(-c4cc(F)cc(F)c4)nc3)nc12. The lowest BCUT2D eigenvalue weighted by Gasteiger charge is -2.07. The van der Waals surface area contributed by atoms with Gasteiger partial charge in [-0.3, -0.25) is 14.5 Å². The summed E-state index contributed by atoms with van der Waals surface area (Å²) < 4.78 is 28.5. The quantitative estimate of drug-likeness (QED) is 0.568. The zero-order valence-electron chi connectivity index (χ0n) is 16.2. The summed E-state index contributed by atoms with van der Waals surface area (Å²) in [5.41, 5.74) is 3.13. The highest BCUT2D eigenvalue weighted by atomic mass is 19.1. The minimum Gasteiger partial charge on any atom is -0.308 e. The molecule has 0 saturated heterocycles. The molecule has 1 aromatic carbocycles. The largest absolute Gasteiger partial charge is 0.308 e. The van der Waals surface area contributed by atoms with Crippen LogP contribution >= 0.6 is 0 Å². The highest BCUT2D eigenvalue weighted by Crippen LogP contribution is 2.21. The first-order chi connectivity index (χ1) is 13.8. The Hall–Kier alpha value is -3.42. The molecule has 4 rings (SSSR count). The van der Waals surface area contributed by atoms with Crippen LogP contribution in [0.3, 0.4) is 0 Å². The van der Waals surface area contributed by atoms with Crippen molar-refractivity contribution >= 4 is 11.0 Å². The van der Waals surface area contributed by atoms with E-state index in [9.17, 15) is 13.6 Å². The van der Waals surface area contributed by atoms with Crippen LogP contribution in [0.15, 0.2) is 41.3 Å². The zero-order valence-corrected chi connectivity index (χ0v) is 16.2. The number of halogens is 2. The van der Waals surface area contributed by atoms with Crippen LogP contribution in [0.2, 0.25) is 0 Å². The molecule has 3 aromatic heterocycles. The van der Waals surface area contributed by atoms with Crippen molar-refractivity contribution in [3.63, 3.8) is 0 Å². The Morgan fingerprint density at radius 1 is 1.14 bits per heavy atom. The van der Waals surface area contributed by atoms with E-state index in [1.807, 2.05) is 20.8 Å². The van der Waals surface area contributed by atoms with Crippen LogP contribution in [-0.2, 0) is 6.42 Å². The molecule has 0 atom stereocenters. The third-order valence-electron chi connectivity index (χ3n) is 4.62. The Labute approximate surface area is 165 Å². The van der Waals surface area contributed by atoms with Gasteiger partial charge in [0.25, 0.3) is 5.56 Å². The number of rotatable bonds is 4. The topological polar surface area (TPSA) is 76.5 Å². The van der Waals surface area contributed by atoms with Gasteiger partial charge in [0, 0.05) is 30.3 Å². The van der Waals surface area contributed by atoms with Gasteiger partial charge in [0.05, 0.1) is 11.4 Å². The van der Waals surface area contributed by atoms with Crippen molar-refractivity contribution in [3.8, 4) is 11.3 Å². The maximum Gasteiger partial charge on any atom is 0.277 e. The van der Waals surface area contributed by atoms with Crippen molar-refractivity contribution in [1.29, 1.82) is 0 Å². The van der Waals surface area contributed by atoms with Crippen molar-refractivity contribution in [3.05, 3.63) is 75.6 Å². The molecule has 0 aliphatic carbocycles. The molecule has 0 fully saturated rings. The van der Waals surface area contributed by atoms with E-state index in [-0.39, 0.29) is 11.6 Å². The smallest absolute Gasteiger partial charge is 0.277 e. The van der Waals surface area contributed by atoms with Gasteiger partial charge in [0.2, 0.25) is 0 Å². The number of nitrogens with one attached hydrogen (secondary N) is 1. The number of aryl methyl sites for hydroxylation is 1. The predicted molar refractivity (Wildman–Crippen MR) is 106 cm³/mol. The highest BCUT2D eigenvalue weighted by molar-refractivity contribution is 5.76. The Balaban J connectivity index is 1.65. The van der Waals surface area contributed by atoms with Crippen LogP contribution in [0.4, 0.5) is 8.78 Å². The van der Waals surface area contributed by atoms with Gasteiger partial charge in [0.15, 0.2) is 5.52 Å². The average molecular weight is 395 g/mol. The van der Waals surface area contributed by atoms with Gasteiger partial charge in [0.1, 0.15) is 23.0 Å². The summed E-state index contributed by atoms with van der Waals surface area (Å²) in [7, 11) is 0. The second-order valence-electron chi connectivity index (χ2n) is 7.22. The summed E-state index contributed by atoms with van der Waals surface area (Å²) in [5, 5.41) is 4.42. The molecular formula is C21H19F2N5O. The van der Waals surface area contributed by atoms with E-state index < -0.39 is 11.6 Å². The Kier molecular flexibility index (Phi) is 4.70. The normalized spacial score (nSPS) is 11.5. The van der Waals surface area contributed by atoms with Crippen LogP contribution < -0.4 is 5.56 Å². The van der Waals surface area contributed by atoms with E-state index in [0.717, 1.165) is 11.6 Å². The number of hydrogen-bond donors (Lipinski definition) is 1. The summed E-state index contributed by atoms with van der Waals surface area (Å²) in [5.74, 6) is -0.809. The first-order valence-corrected chi connectivity index (χ1v) is 9.21. The standard InChI is InChI=1S/C21H19F2N5O/c1-11(2)28-20-19(12(3)27-28)25-18(26-21(20)29)6-13-4-5-17(24-10-13)14-7-15(22)9-16(23)8-14/h4-5,7-11H,6H2,1-3H3,(H,25,26,29). The van der Waals surface area contributed by atoms with Crippen LogP contribution in [-0.4, -0.2) is 24.7 Å². The summed E-state index contributed by atoms with van der Waals surface area (Å²) in [6, 6.07) is 6.80. The molecule has 0 saturated carbocycles. The number of aromatic amines is 1. The molecule has 4 aromatic rings. The van der Waals surface area contributed by atoms with Crippen LogP contribution in [0.1, 0.15) is 37.0 Å². The molecule has 0 unspecified atom stereocenters. The average Bonchev–Trinajstić information content (AvgIpc) is 2.99. The van der Waals surface area contributed by atoms with Crippen molar-refractivity contribution in [1.82, 2.24) is 24.7 Å². The zero-order chi connectivity index (χ0) is 20.7. The summed E-state index contributed by atoms with van der Waals surface area (Å²) >= 11 is 0. The molecule has 0 bridgehead atoms. The fourth-order valence-corrected chi connectivity index (χ4v) is 3.29. The number of aromatic nitrogens is 5. The van der Waals surface area contributed by atoms with Gasteiger partial charge in [-0.05, 0) is 44.5 Å². The lowest BCUT2D eigenvalue weighted by atomic mass is 10.1. The molecule has 0 aliphatic heterocycles. The summed E-state index contributed by atoms with van der Waals surface area (Å²) in [4.78, 5) is 24.3. The van der Waals surface area contributed by atoms with Crippen LogP contribution in [0.25, 0.3) is 22.3 Å². The second kappa shape index (κ2) is 7.20. The highest BCUT2D eigenvalue weighted by Gasteiger charge is 2.16. The molecule has 0 spiro atoms. The van der Waals surface area contributed by atoms with Gasteiger partial charge >= 0.3 is 0 Å². The molecule has 0 amide bonds. The van der Waals surface area contributed by atoms with Crippen molar-refractivity contribution in [2.45, 2.75) is 33.2 Å². The lowest BCUT2D eigenvalue weighted by molar-refractivity contribution is 0.545. The van der Waals surface area contributed by atoms with E-state index in [4.69, 9.17) is 0 Å². The Morgan fingerprint density at radius 2 is 1.86 bits per heavy atom. The Morgan fingerprint density at radius 3 is 2.48 bits per heavy atom. The molecule has 29 heavy (non-hydrogen) atoms. The second-order valence-corrected chi connectivity index (χ2v) is 7.22. The van der Waals surface area contributed by atoms with E-state index in [2.05, 4.69) is 20.1 Å². The monoisotopic (exact) mass is 395 g/mol. The number of hydrogen-bond acceptors (Lipinski definition) is 4. The number of pyridine rings is 1. The predicted octanol–water partition coefficient (Wildman–Crippen LogP) is 3.94. The van der Waals surface area contributed by atoms with E-state index in [1.54, 1.807) is 23.0 Å². The molecule has 3 heterocycles. The van der Waals surface area contributed by atoms with Crippen molar-refractivity contribution in [2.24, 2.45) is 0 Å². The maximum absolute atomic E-state index is 13.4. The van der Waals surface area contributed by atoms with E-state index >= 15 is 0 Å². The molecular weight excluding hydrogens is 376 g/mol. The fourth-order valence-electron chi connectivity index (χ4n) is 3.29. The van der Waals surface area contributed by atoms with Crippen LogP contribution in [0, 0.1) is 18.6 Å². The minimum absolute atomic E-state index is 0.0457. The van der Waals surface area contributed by atoms with E-state index in [0.29, 0.717) is 40.2 Å². The van der Waals surface area contributed by atoms with Gasteiger partial charge in [-0.25, -0.2) is 13.8 Å². The van der Waals surface area contributed by atoms with Crippen molar-refractivity contribution in [2.75, 3.05) is 0 Å². The summed E-state index contributed by atoms with van der Waals surface area (Å²) in [6.45, 7) is 5.74. The third-order valence-corrected chi connectivity index (χ3v) is 4.62. The Bertz CT molecular complexity index is 1240. The molecule has 148 valence electrons. The molecule has 0 radical (unpaired) electrons. The first kappa shape index (κ1) is 18.9. The molecule has 0 aliphatic rings. The molecule has 1 N–H and O–H groups in total. The lowest BCUT2D eigenvalue weighted by Crippen LogP contribution is -2.16. The molecule has 8 heteroatoms. The summed E-state index contributed by atoms with van der Waals surface area (Å²) in [6.07, 6.45) is 1.97. The van der Waals surface area contributed by atoms with E-state index in [1.165, 1.54) is 12.1 Å². The van der Waals surface area contributed by atoms with Gasteiger partial charge in [-0.1, -0.05) is 6.07 Å². The maximum atomic E-state index is 13.4. The third kappa shape index (κ3) is 3.65. The van der Waals surface area contributed by atoms with Crippen LogP contribution in [0.5, 0.6) is 0 Å². The number of benzene rings is 1. The van der Waals surface area contributed by atoms with Gasteiger partial charge in [-0.2, -0.15) is 5.10 Å². The van der Waals surface area contributed by atoms with Gasteiger partial charge in [-0.15, -0.1) is 0 Å². The van der Waals surface area contributed by atoms with Gasteiger partial charge < -0.3 is 4.98 Å². The van der Waals surface area contributed by atoms with Crippen molar-refractivity contribution < 1.29 is 8.78 Å². The minimum atomic E-state index is -0.654. The number of fused-ring (bicyclic) bond motifs is 1.